The highest BCUT2D eigenvalue weighted by Crippen LogP contribution is 2.54. The zero-order chi connectivity index (χ0) is 15.0. The molecule has 0 N–H and O–H groups in total. The lowest BCUT2D eigenvalue weighted by molar-refractivity contribution is -0.136. The topological polar surface area (TPSA) is 29.5 Å². The molecule has 21 heavy (non-hydrogen) atoms. The van der Waals surface area contributed by atoms with E-state index in [9.17, 15) is 4.79 Å². The Labute approximate surface area is 127 Å². The van der Waals surface area contributed by atoms with E-state index in [0.29, 0.717) is 5.91 Å². The molecule has 0 heterocycles. The molecule has 3 atom stereocenters. The normalized spacial score (nSPS) is 27.9. The molecule has 2 aliphatic carbocycles. The minimum absolute atomic E-state index is 0.200. The number of carbonyl (C=O) groups excluding carboxylic acids is 1. The first-order valence-electron chi connectivity index (χ1n) is 7.98. The van der Waals surface area contributed by atoms with Crippen molar-refractivity contribution in [3.8, 4) is 5.75 Å². The predicted octanol–water partition coefficient (Wildman–Crippen LogP) is 3.13. The number of methoxy groups -OCH3 is 1. The summed E-state index contributed by atoms with van der Waals surface area (Å²) in [7, 11) is 3.65. The molecule has 0 radical (unpaired) electrons. The molecular formula is C18H25NO2. The number of carbonyl (C=O) groups is 1. The van der Waals surface area contributed by atoms with Gasteiger partial charge < -0.3 is 9.64 Å². The van der Waals surface area contributed by atoms with E-state index in [4.69, 9.17) is 4.74 Å². The lowest BCUT2D eigenvalue weighted by atomic mass is 9.99. The maximum absolute atomic E-state index is 12.6. The average Bonchev–Trinajstić information content (AvgIpc) is 3.12. The molecule has 1 aromatic rings. The maximum atomic E-state index is 12.6. The second-order valence-electron chi connectivity index (χ2n) is 6.74. The Balaban J connectivity index is 1.61. The van der Waals surface area contributed by atoms with Crippen LogP contribution in [-0.4, -0.2) is 31.0 Å². The van der Waals surface area contributed by atoms with Crippen molar-refractivity contribution >= 4 is 5.91 Å². The minimum Gasteiger partial charge on any atom is -0.496 e. The van der Waals surface area contributed by atoms with Crippen LogP contribution in [-0.2, 0) is 11.2 Å². The Kier molecular flexibility index (Phi) is 3.92. The van der Waals surface area contributed by atoms with Crippen LogP contribution >= 0.6 is 0 Å². The van der Waals surface area contributed by atoms with Gasteiger partial charge in [0.15, 0.2) is 0 Å². The lowest BCUT2D eigenvalue weighted by Gasteiger charge is -2.28. The van der Waals surface area contributed by atoms with Crippen LogP contribution in [0.15, 0.2) is 24.3 Å². The molecule has 3 rings (SSSR count). The van der Waals surface area contributed by atoms with Gasteiger partial charge in [-0.15, -0.1) is 0 Å². The van der Waals surface area contributed by atoms with Gasteiger partial charge in [0.1, 0.15) is 5.75 Å². The zero-order valence-corrected chi connectivity index (χ0v) is 13.2. The van der Waals surface area contributed by atoms with Gasteiger partial charge in [-0.05, 0) is 56.1 Å². The summed E-state index contributed by atoms with van der Waals surface area (Å²) < 4.78 is 5.40. The van der Waals surface area contributed by atoms with Crippen molar-refractivity contribution in [3.05, 3.63) is 29.8 Å². The highest BCUT2D eigenvalue weighted by atomic mass is 16.5. The molecule has 0 saturated heterocycles. The summed E-state index contributed by atoms with van der Waals surface area (Å²) >= 11 is 0. The molecule has 114 valence electrons. The van der Waals surface area contributed by atoms with Gasteiger partial charge in [0.05, 0.1) is 7.11 Å². The summed E-state index contributed by atoms with van der Waals surface area (Å²) in [5.74, 6) is 3.24. The third-order valence-electron chi connectivity index (χ3n) is 5.31. The summed E-state index contributed by atoms with van der Waals surface area (Å²) in [4.78, 5) is 14.5. The van der Waals surface area contributed by atoms with Gasteiger partial charge in [0, 0.05) is 19.0 Å². The van der Waals surface area contributed by atoms with Gasteiger partial charge in [-0.3, -0.25) is 4.79 Å². The fourth-order valence-corrected chi connectivity index (χ4v) is 3.75. The molecule has 0 aliphatic heterocycles. The van der Waals surface area contributed by atoms with E-state index < -0.39 is 0 Å². The van der Waals surface area contributed by atoms with Crippen molar-refractivity contribution < 1.29 is 9.53 Å². The van der Waals surface area contributed by atoms with E-state index in [1.807, 2.05) is 30.1 Å². The van der Waals surface area contributed by atoms with Crippen molar-refractivity contribution in [2.45, 2.75) is 38.6 Å². The van der Waals surface area contributed by atoms with Crippen LogP contribution in [0.3, 0.4) is 0 Å². The van der Waals surface area contributed by atoms with Crippen LogP contribution in [0.2, 0.25) is 0 Å². The molecule has 1 aromatic carbocycles. The van der Waals surface area contributed by atoms with Gasteiger partial charge >= 0.3 is 0 Å². The summed E-state index contributed by atoms with van der Waals surface area (Å²) in [6, 6.07) is 8.27. The van der Waals surface area contributed by atoms with Gasteiger partial charge in [-0.25, -0.2) is 0 Å². The second-order valence-corrected chi connectivity index (χ2v) is 6.74. The van der Waals surface area contributed by atoms with Crippen molar-refractivity contribution in [1.29, 1.82) is 0 Å². The molecule has 2 aliphatic rings. The van der Waals surface area contributed by atoms with Crippen LogP contribution in [0, 0.1) is 17.8 Å². The Hall–Kier alpha value is -1.51. The summed E-state index contributed by atoms with van der Waals surface area (Å²) in [5, 5.41) is 0. The van der Waals surface area contributed by atoms with E-state index in [0.717, 1.165) is 36.8 Å². The van der Waals surface area contributed by atoms with Crippen LogP contribution in [0.25, 0.3) is 0 Å². The largest absolute Gasteiger partial charge is 0.496 e. The number of nitrogens with zero attached hydrogens (tertiary/aromatic N) is 1. The smallest absolute Gasteiger partial charge is 0.225 e. The quantitative estimate of drug-likeness (QED) is 0.832. The SMILES string of the molecule is COc1ccccc1CC(C)N(C)C(=O)C1CC2CC2C1. The summed E-state index contributed by atoms with van der Waals surface area (Å²) in [6.07, 6.45) is 4.44. The Morgan fingerprint density at radius 3 is 2.62 bits per heavy atom. The first-order valence-corrected chi connectivity index (χ1v) is 7.98. The molecule has 0 bridgehead atoms. The summed E-state index contributed by atoms with van der Waals surface area (Å²) in [5.41, 5.74) is 1.17. The van der Waals surface area contributed by atoms with E-state index in [-0.39, 0.29) is 12.0 Å². The van der Waals surface area contributed by atoms with E-state index >= 15 is 0 Å². The highest BCUT2D eigenvalue weighted by molar-refractivity contribution is 5.79. The van der Waals surface area contributed by atoms with Crippen molar-refractivity contribution in [1.82, 2.24) is 4.90 Å². The number of hydrogen-bond donors (Lipinski definition) is 0. The monoisotopic (exact) mass is 287 g/mol. The van der Waals surface area contributed by atoms with Crippen molar-refractivity contribution in [3.63, 3.8) is 0 Å². The third kappa shape index (κ3) is 2.92. The molecule has 0 spiro atoms. The minimum atomic E-state index is 0.200. The fourth-order valence-electron chi connectivity index (χ4n) is 3.75. The van der Waals surface area contributed by atoms with Crippen LogP contribution in [0.1, 0.15) is 31.7 Å². The molecule has 1 amide bonds. The third-order valence-corrected chi connectivity index (χ3v) is 5.31. The zero-order valence-electron chi connectivity index (χ0n) is 13.2. The number of para-hydroxylation sites is 1. The van der Waals surface area contributed by atoms with Crippen molar-refractivity contribution in [2.24, 2.45) is 17.8 Å². The first-order chi connectivity index (χ1) is 10.1. The lowest BCUT2D eigenvalue weighted by Crippen LogP contribution is -2.40. The number of benzene rings is 1. The average molecular weight is 287 g/mol. The number of amides is 1. The number of fused-ring (bicyclic) bond motifs is 1. The molecule has 3 unspecified atom stereocenters. The highest BCUT2D eigenvalue weighted by Gasteiger charge is 2.48. The fraction of sp³-hybridized carbons (Fsp3) is 0.611. The molecule has 0 aromatic heterocycles. The summed E-state index contributed by atoms with van der Waals surface area (Å²) in [6.45, 7) is 2.13. The van der Waals surface area contributed by atoms with E-state index in [1.54, 1.807) is 7.11 Å². The van der Waals surface area contributed by atoms with Crippen LogP contribution < -0.4 is 4.74 Å². The second kappa shape index (κ2) is 5.70. The van der Waals surface area contributed by atoms with E-state index in [2.05, 4.69) is 13.0 Å². The number of hydrogen-bond acceptors (Lipinski definition) is 2. The van der Waals surface area contributed by atoms with Crippen molar-refractivity contribution in [2.75, 3.05) is 14.2 Å². The molecule has 2 saturated carbocycles. The van der Waals surface area contributed by atoms with Gasteiger partial charge in [-0.1, -0.05) is 18.2 Å². The van der Waals surface area contributed by atoms with Gasteiger partial charge in [0.25, 0.3) is 0 Å². The Morgan fingerprint density at radius 2 is 1.95 bits per heavy atom. The Bertz CT molecular complexity index is 518. The maximum Gasteiger partial charge on any atom is 0.225 e. The molecule has 2 fully saturated rings. The van der Waals surface area contributed by atoms with E-state index in [1.165, 1.54) is 12.0 Å². The number of likely N-dealkylation sites (N-methyl/N-ethyl adjacent to an activating group) is 1. The predicted molar refractivity (Wildman–Crippen MR) is 83.3 cm³/mol. The number of ether oxygens (including phenoxy) is 1. The van der Waals surface area contributed by atoms with Gasteiger partial charge in [-0.2, -0.15) is 0 Å². The first kappa shape index (κ1) is 14.4. The van der Waals surface area contributed by atoms with Crippen LogP contribution in [0.5, 0.6) is 5.75 Å². The Morgan fingerprint density at radius 1 is 1.29 bits per heavy atom. The van der Waals surface area contributed by atoms with Crippen LogP contribution in [0.4, 0.5) is 0 Å². The number of rotatable bonds is 5. The van der Waals surface area contributed by atoms with Gasteiger partial charge in [0.2, 0.25) is 5.91 Å². The molecule has 3 nitrogen and oxygen atoms in total. The molecular weight excluding hydrogens is 262 g/mol. The molecule has 3 heteroatoms. The standard InChI is InChI=1S/C18H25NO2/c1-12(8-13-6-4-5-7-17(13)21-3)19(2)18(20)16-10-14-9-15(14)11-16/h4-7,12,14-16H,8-11H2,1-3H3.